The molecular formula is C30H54OS. The van der Waals surface area contributed by atoms with E-state index in [4.69, 9.17) is 0 Å². The maximum Gasteiger partial charge on any atom is 0.122 e. The SMILES string of the molecule is CCCCCCCCCCCCCCCCCCSc1cc(C(C)C)c(O)c(C(C)C)c1. The Balaban J connectivity index is 2.02. The van der Waals surface area contributed by atoms with E-state index in [0.717, 1.165) is 11.1 Å². The van der Waals surface area contributed by atoms with E-state index in [9.17, 15) is 5.11 Å². The van der Waals surface area contributed by atoms with E-state index in [1.807, 2.05) is 11.8 Å². The van der Waals surface area contributed by atoms with Crippen LogP contribution in [0.3, 0.4) is 0 Å². The van der Waals surface area contributed by atoms with Gasteiger partial charge in [0.05, 0.1) is 0 Å². The van der Waals surface area contributed by atoms with Gasteiger partial charge in [-0.1, -0.05) is 131 Å². The molecule has 1 aromatic rings. The molecule has 0 amide bonds. The molecule has 1 nitrogen and oxygen atoms in total. The van der Waals surface area contributed by atoms with Crippen molar-refractivity contribution in [1.82, 2.24) is 0 Å². The Morgan fingerprint density at radius 3 is 1.28 bits per heavy atom. The number of aromatic hydroxyl groups is 1. The first kappa shape index (κ1) is 29.4. The third-order valence-corrected chi connectivity index (χ3v) is 7.71. The minimum atomic E-state index is 0.364. The lowest BCUT2D eigenvalue weighted by atomic mass is 9.94. The monoisotopic (exact) mass is 462 g/mol. The molecule has 0 atom stereocenters. The fourth-order valence-electron chi connectivity index (χ4n) is 4.46. The number of hydrogen-bond donors (Lipinski definition) is 1. The molecule has 1 aromatic carbocycles. The van der Waals surface area contributed by atoms with Crippen LogP contribution in [0.25, 0.3) is 0 Å². The van der Waals surface area contributed by atoms with Gasteiger partial charge in [-0.05, 0) is 47.3 Å². The molecular weight excluding hydrogens is 408 g/mol. The van der Waals surface area contributed by atoms with E-state index in [-0.39, 0.29) is 0 Å². The number of phenols is 1. The highest BCUT2D eigenvalue weighted by Gasteiger charge is 2.15. The minimum absolute atomic E-state index is 0.364. The van der Waals surface area contributed by atoms with Crippen LogP contribution in [0.15, 0.2) is 17.0 Å². The summed E-state index contributed by atoms with van der Waals surface area (Å²) >= 11 is 1.97. The standard InChI is InChI=1S/C30H54OS/c1-6-7-8-9-10-11-12-13-14-15-16-17-18-19-20-21-22-32-27-23-28(25(2)3)30(31)29(24-27)26(4)5/h23-26,31H,6-22H2,1-5H3. The Morgan fingerprint density at radius 2 is 0.938 bits per heavy atom. The molecule has 0 bridgehead atoms. The quantitative estimate of drug-likeness (QED) is 0.153. The van der Waals surface area contributed by atoms with Gasteiger partial charge in [0.1, 0.15) is 5.75 Å². The van der Waals surface area contributed by atoms with E-state index in [0.29, 0.717) is 17.6 Å². The van der Waals surface area contributed by atoms with E-state index < -0.39 is 0 Å². The van der Waals surface area contributed by atoms with Gasteiger partial charge in [0, 0.05) is 4.90 Å². The minimum Gasteiger partial charge on any atom is -0.507 e. The average Bonchev–Trinajstić information content (AvgIpc) is 2.76. The second-order valence-corrected chi connectivity index (χ2v) is 11.6. The van der Waals surface area contributed by atoms with E-state index in [1.165, 1.54) is 113 Å². The number of benzene rings is 1. The molecule has 1 rings (SSSR count). The van der Waals surface area contributed by atoms with Crippen molar-refractivity contribution in [3.05, 3.63) is 23.3 Å². The van der Waals surface area contributed by atoms with Crippen molar-refractivity contribution in [2.24, 2.45) is 0 Å². The van der Waals surface area contributed by atoms with Gasteiger partial charge in [0.15, 0.2) is 0 Å². The highest BCUT2D eigenvalue weighted by atomic mass is 32.2. The van der Waals surface area contributed by atoms with Gasteiger partial charge >= 0.3 is 0 Å². The van der Waals surface area contributed by atoms with Crippen molar-refractivity contribution in [2.45, 2.75) is 154 Å². The van der Waals surface area contributed by atoms with Crippen molar-refractivity contribution in [1.29, 1.82) is 0 Å². The second-order valence-electron chi connectivity index (χ2n) is 10.4. The van der Waals surface area contributed by atoms with E-state index in [1.54, 1.807) is 0 Å². The third-order valence-electron chi connectivity index (χ3n) is 6.65. The average molecular weight is 463 g/mol. The highest BCUT2D eigenvalue weighted by molar-refractivity contribution is 7.99. The van der Waals surface area contributed by atoms with Crippen LogP contribution in [-0.2, 0) is 0 Å². The zero-order chi connectivity index (χ0) is 23.6. The van der Waals surface area contributed by atoms with Crippen molar-refractivity contribution < 1.29 is 5.11 Å². The Morgan fingerprint density at radius 1 is 0.594 bits per heavy atom. The topological polar surface area (TPSA) is 20.2 Å². The van der Waals surface area contributed by atoms with Crippen LogP contribution in [0.2, 0.25) is 0 Å². The number of hydrogen-bond acceptors (Lipinski definition) is 2. The fourth-order valence-corrected chi connectivity index (χ4v) is 5.46. The zero-order valence-corrected chi connectivity index (χ0v) is 23.0. The van der Waals surface area contributed by atoms with Gasteiger partial charge in [-0.25, -0.2) is 0 Å². The third kappa shape index (κ3) is 13.2. The lowest BCUT2D eigenvalue weighted by molar-refractivity contribution is 0.453. The second kappa shape index (κ2) is 18.8. The molecule has 0 saturated heterocycles. The predicted octanol–water partition coefficient (Wildman–Crippen LogP) is 11.0. The fraction of sp³-hybridized carbons (Fsp3) is 0.800. The van der Waals surface area contributed by atoms with Gasteiger partial charge in [-0.15, -0.1) is 11.8 Å². The Kier molecular flexibility index (Phi) is 17.2. The maximum atomic E-state index is 10.6. The number of unbranched alkanes of at least 4 members (excludes halogenated alkanes) is 15. The summed E-state index contributed by atoms with van der Waals surface area (Å²) in [5.41, 5.74) is 2.20. The van der Waals surface area contributed by atoms with Crippen molar-refractivity contribution in [3.8, 4) is 5.75 Å². The molecule has 0 heterocycles. The maximum absolute atomic E-state index is 10.6. The molecule has 0 spiro atoms. The summed E-state index contributed by atoms with van der Waals surface area (Å²) in [6, 6.07) is 4.42. The molecule has 0 fully saturated rings. The first-order valence-electron chi connectivity index (χ1n) is 14.0. The number of phenolic OH excluding ortho intramolecular Hbond substituents is 1. The molecule has 0 aliphatic heterocycles. The molecule has 1 N–H and O–H groups in total. The molecule has 0 unspecified atom stereocenters. The first-order chi connectivity index (χ1) is 15.5. The molecule has 0 saturated carbocycles. The van der Waals surface area contributed by atoms with Crippen LogP contribution in [0.1, 0.15) is 160 Å². The largest absolute Gasteiger partial charge is 0.507 e. The summed E-state index contributed by atoms with van der Waals surface area (Å²) in [5.74, 6) is 2.44. The van der Waals surface area contributed by atoms with Crippen LogP contribution in [0, 0.1) is 0 Å². The lowest BCUT2D eigenvalue weighted by Gasteiger charge is -2.17. The Labute approximate surface area is 205 Å². The van der Waals surface area contributed by atoms with Crippen molar-refractivity contribution in [2.75, 3.05) is 5.75 Å². The zero-order valence-electron chi connectivity index (χ0n) is 22.2. The van der Waals surface area contributed by atoms with Crippen LogP contribution in [0.5, 0.6) is 5.75 Å². The van der Waals surface area contributed by atoms with Gasteiger partial charge in [0.25, 0.3) is 0 Å². The van der Waals surface area contributed by atoms with Crippen LogP contribution in [-0.4, -0.2) is 10.9 Å². The van der Waals surface area contributed by atoms with E-state index >= 15 is 0 Å². The smallest absolute Gasteiger partial charge is 0.122 e. The molecule has 186 valence electrons. The summed E-state index contributed by atoms with van der Waals surface area (Å²) in [6.45, 7) is 11.0. The highest BCUT2D eigenvalue weighted by Crippen LogP contribution is 2.37. The predicted molar refractivity (Wildman–Crippen MR) is 147 cm³/mol. The van der Waals surface area contributed by atoms with Crippen LogP contribution in [0.4, 0.5) is 0 Å². The molecule has 0 radical (unpaired) electrons. The van der Waals surface area contributed by atoms with Crippen molar-refractivity contribution >= 4 is 11.8 Å². The Bertz CT molecular complexity index is 549. The lowest BCUT2D eigenvalue weighted by Crippen LogP contribution is -1.96. The number of thioether (sulfide) groups is 1. The van der Waals surface area contributed by atoms with Crippen LogP contribution < -0.4 is 0 Å². The molecule has 2 heteroatoms. The number of rotatable bonds is 20. The van der Waals surface area contributed by atoms with Crippen molar-refractivity contribution in [3.63, 3.8) is 0 Å². The summed E-state index contributed by atoms with van der Waals surface area (Å²) in [6.07, 6.45) is 22.8. The molecule has 0 aromatic heterocycles. The van der Waals surface area contributed by atoms with Gasteiger partial charge in [-0.3, -0.25) is 0 Å². The normalized spacial score (nSPS) is 11.7. The summed E-state index contributed by atoms with van der Waals surface area (Å²) < 4.78 is 0. The summed E-state index contributed by atoms with van der Waals surface area (Å²) in [4.78, 5) is 1.33. The molecule has 32 heavy (non-hydrogen) atoms. The Hall–Kier alpha value is -0.630. The first-order valence-corrected chi connectivity index (χ1v) is 15.0. The van der Waals surface area contributed by atoms with Gasteiger partial charge < -0.3 is 5.11 Å². The summed E-state index contributed by atoms with van der Waals surface area (Å²) in [7, 11) is 0. The van der Waals surface area contributed by atoms with E-state index in [2.05, 4.69) is 46.8 Å². The van der Waals surface area contributed by atoms with Crippen LogP contribution >= 0.6 is 11.8 Å². The molecule has 0 aliphatic rings. The van der Waals surface area contributed by atoms with Gasteiger partial charge in [0.2, 0.25) is 0 Å². The molecule has 0 aliphatic carbocycles. The van der Waals surface area contributed by atoms with Gasteiger partial charge in [-0.2, -0.15) is 0 Å². The summed E-state index contributed by atoms with van der Waals surface area (Å²) in [5, 5.41) is 10.6.